The zero-order valence-electron chi connectivity index (χ0n) is 18.0. The van der Waals surface area contributed by atoms with Gasteiger partial charge in [-0.05, 0) is 44.0 Å². The number of hydrogen-bond acceptors (Lipinski definition) is 6. The molecule has 1 aromatic rings. The van der Waals surface area contributed by atoms with Crippen molar-refractivity contribution in [3.63, 3.8) is 0 Å². The highest BCUT2D eigenvalue weighted by Crippen LogP contribution is 2.29. The van der Waals surface area contributed by atoms with Crippen molar-refractivity contribution in [1.29, 1.82) is 0 Å². The number of carboxylic acids is 1. The van der Waals surface area contributed by atoms with E-state index in [1.165, 1.54) is 0 Å². The number of fused-ring (bicyclic) bond motifs is 1. The Labute approximate surface area is 176 Å². The molecule has 9 nitrogen and oxygen atoms in total. The second kappa shape index (κ2) is 8.04. The first-order chi connectivity index (χ1) is 13.9. The third-order valence-electron chi connectivity index (χ3n) is 5.13. The van der Waals surface area contributed by atoms with Crippen molar-refractivity contribution < 1.29 is 29.0 Å². The normalized spacial score (nSPS) is 20.7. The molecule has 1 N–H and O–H groups in total. The molecule has 0 unspecified atom stereocenters. The molecule has 1 aromatic carbocycles. The number of rotatable bonds is 3. The minimum Gasteiger partial charge on any atom is -0.480 e. The summed E-state index contributed by atoms with van der Waals surface area (Å²) in [6, 6.07) is 4.96. The fourth-order valence-corrected chi connectivity index (χ4v) is 3.64. The molecule has 0 spiro atoms. The third kappa shape index (κ3) is 4.77. The monoisotopic (exact) mass is 419 g/mol. The predicted molar refractivity (Wildman–Crippen MR) is 109 cm³/mol. The molecule has 0 saturated carbocycles. The lowest BCUT2D eigenvalue weighted by Gasteiger charge is -2.26. The van der Waals surface area contributed by atoms with Crippen LogP contribution in [0.5, 0.6) is 0 Å². The molecule has 2 aliphatic rings. The van der Waals surface area contributed by atoms with Crippen LogP contribution in [0.1, 0.15) is 38.3 Å². The number of anilines is 1. The fourth-order valence-electron chi connectivity index (χ4n) is 3.64. The first-order valence-corrected chi connectivity index (χ1v) is 9.91. The molecule has 9 heteroatoms. The summed E-state index contributed by atoms with van der Waals surface area (Å²) in [5, 5.41) is 9.48. The maximum Gasteiger partial charge on any atom is 0.411 e. The highest BCUT2D eigenvalue weighted by Gasteiger charge is 2.43. The van der Waals surface area contributed by atoms with Gasteiger partial charge < -0.3 is 19.5 Å². The van der Waals surface area contributed by atoms with Crippen LogP contribution in [0.25, 0.3) is 0 Å². The van der Waals surface area contributed by atoms with E-state index in [2.05, 4.69) is 0 Å². The number of carbonyl (C=O) groups excluding carboxylic acids is 2. The number of benzene rings is 1. The van der Waals surface area contributed by atoms with E-state index in [1.807, 2.05) is 37.2 Å². The molecule has 3 rings (SSSR count). The van der Waals surface area contributed by atoms with E-state index in [0.29, 0.717) is 13.1 Å². The number of ether oxygens (including phenoxy) is 2. The standard InChI is InChI=1S/C21H29N3O6/c1-21(2,3)30-20(28)24-12-16(9-17(24)18(25)26)29-19(27)23-10-13-6-7-15(22(4)5)8-14(13)11-23/h6-8,16-17H,9-12H2,1-5H3,(H,25,26)/t16-,17+/m1/s1. The topological polar surface area (TPSA) is 99.6 Å². The van der Waals surface area contributed by atoms with Crippen LogP contribution >= 0.6 is 0 Å². The maximum absolute atomic E-state index is 12.7. The van der Waals surface area contributed by atoms with Crippen LogP contribution in [-0.4, -0.2) is 71.4 Å². The largest absolute Gasteiger partial charge is 0.480 e. The number of nitrogens with zero attached hydrogens (tertiary/aromatic N) is 3. The van der Waals surface area contributed by atoms with E-state index in [9.17, 15) is 19.5 Å². The smallest absolute Gasteiger partial charge is 0.411 e. The van der Waals surface area contributed by atoms with Crippen LogP contribution < -0.4 is 4.90 Å². The molecule has 0 aromatic heterocycles. The number of amides is 2. The summed E-state index contributed by atoms with van der Waals surface area (Å²) in [6.07, 6.45) is -1.91. The molecule has 2 heterocycles. The zero-order valence-corrected chi connectivity index (χ0v) is 18.0. The first-order valence-electron chi connectivity index (χ1n) is 9.91. The summed E-state index contributed by atoms with van der Waals surface area (Å²) in [7, 11) is 3.91. The van der Waals surface area contributed by atoms with Gasteiger partial charge in [0.2, 0.25) is 0 Å². The van der Waals surface area contributed by atoms with Crippen LogP contribution in [0.15, 0.2) is 18.2 Å². The van der Waals surface area contributed by atoms with Gasteiger partial charge in [0.1, 0.15) is 17.7 Å². The van der Waals surface area contributed by atoms with Gasteiger partial charge in [0.25, 0.3) is 0 Å². The Morgan fingerprint density at radius 3 is 2.37 bits per heavy atom. The number of likely N-dealkylation sites (tertiary alicyclic amines) is 1. The molecule has 2 aliphatic heterocycles. The number of aliphatic carboxylic acids is 1. The van der Waals surface area contributed by atoms with Gasteiger partial charge in [-0.15, -0.1) is 0 Å². The van der Waals surface area contributed by atoms with E-state index in [0.717, 1.165) is 21.7 Å². The van der Waals surface area contributed by atoms with Gasteiger partial charge in [-0.1, -0.05) is 6.07 Å². The van der Waals surface area contributed by atoms with Gasteiger partial charge in [-0.2, -0.15) is 0 Å². The van der Waals surface area contributed by atoms with Crippen molar-refractivity contribution in [3.05, 3.63) is 29.3 Å². The minimum atomic E-state index is -1.15. The summed E-state index contributed by atoms with van der Waals surface area (Å²) in [5.41, 5.74) is 2.42. The van der Waals surface area contributed by atoms with Crippen molar-refractivity contribution >= 4 is 23.8 Å². The Morgan fingerprint density at radius 2 is 1.77 bits per heavy atom. The maximum atomic E-state index is 12.7. The molecule has 0 aliphatic carbocycles. The zero-order chi connectivity index (χ0) is 22.2. The number of carbonyl (C=O) groups is 3. The highest BCUT2D eigenvalue weighted by molar-refractivity contribution is 5.81. The highest BCUT2D eigenvalue weighted by atomic mass is 16.6. The van der Waals surface area contributed by atoms with Crippen molar-refractivity contribution in [2.45, 2.75) is 58.0 Å². The van der Waals surface area contributed by atoms with Crippen LogP contribution in [0.4, 0.5) is 15.3 Å². The van der Waals surface area contributed by atoms with Gasteiger partial charge in [0.15, 0.2) is 0 Å². The first kappa shape index (κ1) is 21.7. The molecule has 2 atom stereocenters. The van der Waals surface area contributed by atoms with E-state index in [1.54, 1.807) is 25.7 Å². The van der Waals surface area contributed by atoms with Gasteiger partial charge in [0.05, 0.1) is 6.54 Å². The minimum absolute atomic E-state index is 0.0107. The van der Waals surface area contributed by atoms with Crippen molar-refractivity contribution in [1.82, 2.24) is 9.80 Å². The summed E-state index contributed by atoms with van der Waals surface area (Å²) < 4.78 is 10.9. The van der Waals surface area contributed by atoms with Gasteiger partial charge in [0, 0.05) is 39.3 Å². The van der Waals surface area contributed by atoms with E-state index >= 15 is 0 Å². The molecular formula is C21H29N3O6. The summed E-state index contributed by atoms with van der Waals surface area (Å²) in [4.78, 5) is 41.4. The van der Waals surface area contributed by atoms with Gasteiger partial charge >= 0.3 is 18.2 Å². The Morgan fingerprint density at radius 1 is 1.10 bits per heavy atom. The van der Waals surface area contributed by atoms with Crippen molar-refractivity contribution in [3.8, 4) is 0 Å². The SMILES string of the molecule is CN(C)c1ccc2c(c1)CN(C(=O)O[C@@H]1C[C@@H](C(=O)O)N(C(=O)OC(C)(C)C)C1)C2. The Hall–Kier alpha value is -2.97. The predicted octanol–water partition coefficient (Wildman–Crippen LogP) is 2.67. The Balaban J connectivity index is 1.63. The van der Waals surface area contributed by atoms with Crippen LogP contribution in [0, 0.1) is 0 Å². The van der Waals surface area contributed by atoms with Crippen molar-refractivity contribution in [2.75, 3.05) is 25.5 Å². The molecule has 2 amide bonds. The number of hydrogen-bond donors (Lipinski definition) is 1. The van der Waals surface area contributed by atoms with Crippen molar-refractivity contribution in [2.24, 2.45) is 0 Å². The second-order valence-corrected chi connectivity index (χ2v) is 8.93. The van der Waals surface area contributed by atoms with Gasteiger partial charge in [-0.25, -0.2) is 14.4 Å². The van der Waals surface area contributed by atoms with Gasteiger partial charge in [-0.3, -0.25) is 9.80 Å². The molecule has 0 bridgehead atoms. The second-order valence-electron chi connectivity index (χ2n) is 8.93. The average Bonchev–Trinajstić information content (AvgIpc) is 3.23. The van der Waals surface area contributed by atoms with E-state index < -0.39 is 35.9 Å². The average molecular weight is 419 g/mol. The molecule has 164 valence electrons. The third-order valence-corrected chi connectivity index (χ3v) is 5.13. The molecular weight excluding hydrogens is 390 g/mol. The molecule has 30 heavy (non-hydrogen) atoms. The summed E-state index contributed by atoms with van der Waals surface area (Å²) in [6.45, 7) is 5.99. The molecule has 0 radical (unpaired) electrons. The lowest BCUT2D eigenvalue weighted by molar-refractivity contribution is -0.142. The van der Waals surface area contributed by atoms with Crippen LogP contribution in [0.2, 0.25) is 0 Å². The van der Waals surface area contributed by atoms with Crippen LogP contribution in [0.3, 0.4) is 0 Å². The summed E-state index contributed by atoms with van der Waals surface area (Å²) in [5.74, 6) is -1.15. The number of carboxylic acid groups (broad SMARTS) is 1. The lowest BCUT2D eigenvalue weighted by atomic mass is 10.1. The quantitative estimate of drug-likeness (QED) is 0.804. The Bertz CT molecular complexity index is 848. The summed E-state index contributed by atoms with van der Waals surface area (Å²) >= 11 is 0. The lowest BCUT2D eigenvalue weighted by Crippen LogP contribution is -2.43. The fraction of sp³-hybridized carbons (Fsp3) is 0.571. The molecule has 1 fully saturated rings. The van der Waals surface area contributed by atoms with Crippen LogP contribution in [-0.2, 0) is 27.4 Å². The van der Waals surface area contributed by atoms with E-state index in [4.69, 9.17) is 9.47 Å². The van der Waals surface area contributed by atoms with E-state index in [-0.39, 0.29) is 13.0 Å². The Kier molecular flexibility index (Phi) is 5.83. The molecule has 1 saturated heterocycles.